The highest BCUT2D eigenvalue weighted by atomic mass is 32.2. The molecule has 1 atom stereocenters. The molecular weight excluding hydrogens is 370 g/mol. The van der Waals surface area contributed by atoms with Gasteiger partial charge in [0.2, 0.25) is 0 Å². The molecule has 0 N–H and O–H groups in total. The fraction of sp³-hybridized carbons (Fsp3) is 0.429. The molecule has 2 aromatic heterocycles. The molecule has 1 fully saturated rings. The van der Waals surface area contributed by atoms with Crippen LogP contribution in [0.4, 0.5) is 5.82 Å². The van der Waals surface area contributed by atoms with Gasteiger partial charge >= 0.3 is 0 Å². The van der Waals surface area contributed by atoms with E-state index in [2.05, 4.69) is 4.90 Å². The molecule has 3 aromatic rings. The van der Waals surface area contributed by atoms with Crippen molar-refractivity contribution in [1.82, 2.24) is 19.7 Å². The Hall–Kier alpha value is -2.41. The lowest BCUT2D eigenvalue weighted by Crippen LogP contribution is -2.38. The summed E-state index contributed by atoms with van der Waals surface area (Å²) in [7, 11) is 0. The standard InChI is InChI=1S/C21H23N5OS/c1-14-21(23-19-7-3-2-6-18(19)22-14)25-9-4-5-16(25)12-26-20(27)11-15-13-28-10-8-17(15)24-26/h2-3,6-7,11,16H,4-5,8-10,12-13H2,1H3. The van der Waals surface area contributed by atoms with E-state index in [-0.39, 0.29) is 11.6 Å². The van der Waals surface area contributed by atoms with Crippen molar-refractivity contribution >= 4 is 28.6 Å². The summed E-state index contributed by atoms with van der Waals surface area (Å²) >= 11 is 1.87. The van der Waals surface area contributed by atoms with E-state index in [0.717, 1.165) is 71.1 Å². The van der Waals surface area contributed by atoms with Crippen molar-refractivity contribution in [2.45, 2.75) is 44.5 Å². The molecule has 1 aromatic carbocycles. The number of hydrogen-bond donors (Lipinski definition) is 0. The van der Waals surface area contributed by atoms with Crippen LogP contribution >= 0.6 is 11.8 Å². The van der Waals surface area contributed by atoms with Crippen molar-refractivity contribution in [3.8, 4) is 0 Å². The number of anilines is 1. The second kappa shape index (κ2) is 7.20. The van der Waals surface area contributed by atoms with Crippen molar-refractivity contribution in [2.24, 2.45) is 0 Å². The fourth-order valence-electron chi connectivity index (χ4n) is 4.24. The van der Waals surface area contributed by atoms with E-state index in [9.17, 15) is 4.79 Å². The lowest BCUT2D eigenvalue weighted by Gasteiger charge is -2.27. The average Bonchev–Trinajstić information content (AvgIpc) is 3.16. The number of hydrogen-bond acceptors (Lipinski definition) is 6. The van der Waals surface area contributed by atoms with Gasteiger partial charge in [0.1, 0.15) is 0 Å². The molecule has 28 heavy (non-hydrogen) atoms. The average molecular weight is 394 g/mol. The molecule has 0 spiro atoms. The van der Waals surface area contributed by atoms with Crippen LogP contribution in [-0.4, -0.2) is 38.1 Å². The Kier molecular flexibility index (Phi) is 4.55. The monoisotopic (exact) mass is 393 g/mol. The maximum absolute atomic E-state index is 12.6. The Labute approximate surface area is 168 Å². The van der Waals surface area contributed by atoms with Gasteiger partial charge in [-0.1, -0.05) is 12.1 Å². The smallest absolute Gasteiger partial charge is 0.267 e. The van der Waals surface area contributed by atoms with Crippen molar-refractivity contribution < 1.29 is 0 Å². The minimum Gasteiger partial charge on any atom is -0.350 e. The second-order valence-corrected chi connectivity index (χ2v) is 8.66. The zero-order chi connectivity index (χ0) is 19.1. The van der Waals surface area contributed by atoms with Gasteiger partial charge in [0.15, 0.2) is 5.82 Å². The minimum absolute atomic E-state index is 0.00872. The first kappa shape index (κ1) is 17.7. The molecule has 2 aliphatic rings. The zero-order valence-corrected chi connectivity index (χ0v) is 16.8. The number of fused-ring (bicyclic) bond motifs is 2. The quantitative estimate of drug-likeness (QED) is 0.682. The molecule has 0 saturated carbocycles. The summed E-state index contributed by atoms with van der Waals surface area (Å²) in [5.74, 6) is 2.92. The van der Waals surface area contributed by atoms with Crippen LogP contribution in [0, 0.1) is 6.92 Å². The normalized spacial score (nSPS) is 19.2. The van der Waals surface area contributed by atoms with Crippen LogP contribution in [0.25, 0.3) is 11.0 Å². The first-order chi connectivity index (χ1) is 13.7. The highest BCUT2D eigenvalue weighted by Crippen LogP contribution is 2.28. The van der Waals surface area contributed by atoms with E-state index >= 15 is 0 Å². The van der Waals surface area contributed by atoms with Crippen LogP contribution in [0.2, 0.25) is 0 Å². The highest BCUT2D eigenvalue weighted by Gasteiger charge is 2.29. The van der Waals surface area contributed by atoms with Crippen molar-refractivity contribution in [2.75, 3.05) is 17.2 Å². The van der Waals surface area contributed by atoms with Gasteiger partial charge in [-0.05, 0) is 43.2 Å². The van der Waals surface area contributed by atoms with E-state index in [4.69, 9.17) is 15.1 Å². The van der Waals surface area contributed by atoms with Crippen LogP contribution in [0.15, 0.2) is 35.1 Å². The third kappa shape index (κ3) is 3.17. The Morgan fingerprint density at radius 1 is 1.21 bits per heavy atom. The van der Waals surface area contributed by atoms with Gasteiger partial charge in [0.05, 0.1) is 35.0 Å². The predicted octanol–water partition coefficient (Wildman–Crippen LogP) is 2.95. The molecule has 0 bridgehead atoms. The summed E-state index contributed by atoms with van der Waals surface area (Å²) in [4.78, 5) is 24.6. The lowest BCUT2D eigenvalue weighted by molar-refractivity contribution is 0.479. The third-order valence-corrected chi connectivity index (χ3v) is 6.67. The molecule has 144 valence electrons. The molecule has 5 rings (SSSR count). The maximum atomic E-state index is 12.6. The summed E-state index contributed by atoms with van der Waals surface area (Å²) < 4.78 is 1.67. The van der Waals surface area contributed by atoms with Crippen molar-refractivity contribution in [3.63, 3.8) is 0 Å². The van der Waals surface area contributed by atoms with Crippen molar-refractivity contribution in [3.05, 3.63) is 57.6 Å². The van der Waals surface area contributed by atoms with Gasteiger partial charge in [-0.3, -0.25) is 4.79 Å². The summed E-state index contributed by atoms with van der Waals surface area (Å²) in [6.45, 7) is 3.56. The topological polar surface area (TPSA) is 63.9 Å². The molecule has 0 amide bonds. The van der Waals surface area contributed by atoms with Crippen LogP contribution in [-0.2, 0) is 18.7 Å². The molecule has 4 heterocycles. The fourth-order valence-corrected chi connectivity index (χ4v) is 5.19. The highest BCUT2D eigenvalue weighted by molar-refractivity contribution is 7.98. The second-order valence-electron chi connectivity index (χ2n) is 7.55. The van der Waals surface area contributed by atoms with Crippen LogP contribution in [0.5, 0.6) is 0 Å². The van der Waals surface area contributed by atoms with Gasteiger partial charge in [0.25, 0.3) is 5.56 Å². The summed E-state index contributed by atoms with van der Waals surface area (Å²) in [6, 6.07) is 9.98. The number of nitrogens with zero attached hydrogens (tertiary/aromatic N) is 5. The number of thioether (sulfide) groups is 1. The lowest BCUT2D eigenvalue weighted by atomic mass is 10.2. The Morgan fingerprint density at radius 3 is 2.89 bits per heavy atom. The molecule has 1 unspecified atom stereocenters. The first-order valence-corrected chi connectivity index (χ1v) is 11.0. The molecular formula is C21H23N5OS. The molecule has 1 saturated heterocycles. The maximum Gasteiger partial charge on any atom is 0.267 e. The van der Waals surface area contributed by atoms with E-state index in [1.165, 1.54) is 0 Å². The summed E-state index contributed by atoms with van der Waals surface area (Å²) in [6.07, 6.45) is 3.08. The van der Waals surface area contributed by atoms with Gasteiger partial charge in [0, 0.05) is 24.8 Å². The van der Waals surface area contributed by atoms with Gasteiger partial charge in [-0.25, -0.2) is 14.6 Å². The molecule has 0 radical (unpaired) electrons. The van der Waals surface area contributed by atoms with Gasteiger partial charge in [-0.2, -0.15) is 16.9 Å². The summed E-state index contributed by atoms with van der Waals surface area (Å²) in [5.41, 5.74) is 4.98. The van der Waals surface area contributed by atoms with Crippen LogP contribution in [0.1, 0.15) is 29.8 Å². The largest absolute Gasteiger partial charge is 0.350 e. The van der Waals surface area contributed by atoms with E-state index in [1.807, 2.05) is 43.0 Å². The zero-order valence-electron chi connectivity index (χ0n) is 16.0. The van der Waals surface area contributed by atoms with E-state index in [1.54, 1.807) is 10.7 Å². The number of benzene rings is 1. The predicted molar refractivity (Wildman–Crippen MR) is 113 cm³/mol. The summed E-state index contributed by atoms with van der Waals surface area (Å²) in [5, 5.41) is 4.70. The number of rotatable bonds is 3. The number of aromatic nitrogens is 4. The molecule has 0 aliphatic carbocycles. The Morgan fingerprint density at radius 2 is 2.04 bits per heavy atom. The van der Waals surface area contributed by atoms with Crippen LogP contribution < -0.4 is 10.5 Å². The number of aryl methyl sites for hydroxylation is 2. The SMILES string of the molecule is Cc1nc2ccccc2nc1N1CCCC1Cn1nc2c(cc1=O)CSCC2. The molecule has 6 nitrogen and oxygen atoms in total. The molecule has 2 aliphatic heterocycles. The van der Waals surface area contributed by atoms with Gasteiger partial charge < -0.3 is 4.90 Å². The Balaban J connectivity index is 1.47. The van der Waals surface area contributed by atoms with Crippen LogP contribution in [0.3, 0.4) is 0 Å². The first-order valence-electron chi connectivity index (χ1n) is 9.87. The minimum atomic E-state index is 0.00872. The van der Waals surface area contributed by atoms with E-state index in [0.29, 0.717) is 6.54 Å². The van der Waals surface area contributed by atoms with Crippen molar-refractivity contribution in [1.29, 1.82) is 0 Å². The number of para-hydroxylation sites is 2. The van der Waals surface area contributed by atoms with E-state index < -0.39 is 0 Å². The van der Waals surface area contributed by atoms with Gasteiger partial charge in [-0.15, -0.1) is 0 Å². The Bertz CT molecular complexity index is 1100. The third-order valence-electron chi connectivity index (χ3n) is 5.66. The molecule has 7 heteroatoms.